The lowest BCUT2D eigenvalue weighted by atomic mass is 10.1. The number of piperazine rings is 1. The Kier molecular flexibility index (Phi) is 5.20. The second-order valence-corrected chi connectivity index (χ2v) is 7.05. The Bertz CT molecular complexity index is 684. The number of aryl methyl sites for hydroxylation is 2. The maximum atomic E-state index is 12.1. The van der Waals surface area contributed by atoms with Crippen molar-refractivity contribution in [2.24, 2.45) is 0 Å². The number of hydrogen-bond acceptors (Lipinski definition) is 5. The molecular formula is C17H24N4O2S. The molecule has 2 heterocycles. The molecule has 0 unspecified atom stereocenters. The summed E-state index contributed by atoms with van der Waals surface area (Å²) in [5.74, 6) is 0. The van der Waals surface area contributed by atoms with Gasteiger partial charge in [-0.05, 0) is 25.0 Å². The molecule has 1 N–H and O–H groups in total. The van der Waals surface area contributed by atoms with Crippen LogP contribution in [0.1, 0.15) is 11.1 Å². The van der Waals surface area contributed by atoms with Crippen molar-refractivity contribution in [1.82, 2.24) is 15.2 Å². The van der Waals surface area contributed by atoms with Crippen molar-refractivity contribution in [2.45, 2.75) is 13.8 Å². The number of nitrogens with zero attached hydrogens (tertiary/aromatic N) is 3. The number of carbonyl (C=O) groups is 1. The zero-order valence-corrected chi connectivity index (χ0v) is 15.3. The lowest BCUT2D eigenvalue weighted by Crippen LogP contribution is -2.52. The van der Waals surface area contributed by atoms with Gasteiger partial charge in [0.05, 0.1) is 16.8 Å². The van der Waals surface area contributed by atoms with E-state index in [9.17, 15) is 4.79 Å². The molecule has 1 aliphatic heterocycles. The molecule has 7 heteroatoms. The number of thiazole rings is 1. The molecule has 3 rings (SSSR count). The van der Waals surface area contributed by atoms with Gasteiger partial charge in [0.2, 0.25) is 0 Å². The third-order valence-electron chi connectivity index (χ3n) is 4.35. The number of ether oxygens (including phenoxy) is 1. The van der Waals surface area contributed by atoms with Crippen molar-refractivity contribution in [3.05, 3.63) is 23.3 Å². The van der Waals surface area contributed by atoms with E-state index in [0.717, 1.165) is 23.7 Å². The summed E-state index contributed by atoms with van der Waals surface area (Å²) in [6.45, 7) is 8.38. The molecule has 0 bridgehead atoms. The molecule has 24 heavy (non-hydrogen) atoms. The normalized spacial score (nSPS) is 15.1. The molecule has 6 nitrogen and oxygen atoms in total. The van der Waals surface area contributed by atoms with Crippen molar-refractivity contribution in [1.29, 1.82) is 0 Å². The standard InChI is InChI=1S/C17H24N4O2S/c1-12-4-5-13(2)15-14(12)19-17(24-15)21-9-7-20(8-10-21)16(22)18-6-11-23-3/h4-5H,6-11H2,1-3H3,(H,18,22). The Morgan fingerprint density at radius 3 is 2.62 bits per heavy atom. The number of anilines is 1. The SMILES string of the molecule is COCCNC(=O)N1CCN(c2nc3c(C)ccc(C)c3s2)CC1. The highest BCUT2D eigenvalue weighted by molar-refractivity contribution is 7.22. The van der Waals surface area contributed by atoms with Crippen LogP contribution in [0.3, 0.4) is 0 Å². The van der Waals surface area contributed by atoms with Gasteiger partial charge in [0.15, 0.2) is 5.13 Å². The summed E-state index contributed by atoms with van der Waals surface area (Å²) in [5, 5.41) is 3.93. The van der Waals surface area contributed by atoms with E-state index in [-0.39, 0.29) is 6.03 Å². The van der Waals surface area contributed by atoms with Crippen molar-refractivity contribution in [3.8, 4) is 0 Å². The minimum Gasteiger partial charge on any atom is -0.383 e. The monoisotopic (exact) mass is 348 g/mol. The molecule has 0 atom stereocenters. The second-order valence-electron chi connectivity index (χ2n) is 6.07. The zero-order valence-electron chi connectivity index (χ0n) is 14.5. The zero-order chi connectivity index (χ0) is 17.1. The summed E-state index contributed by atoms with van der Waals surface area (Å²) in [6.07, 6.45) is 0. The van der Waals surface area contributed by atoms with Crippen LogP contribution < -0.4 is 10.2 Å². The first-order valence-electron chi connectivity index (χ1n) is 8.23. The van der Waals surface area contributed by atoms with Gasteiger partial charge in [0.1, 0.15) is 0 Å². The Morgan fingerprint density at radius 2 is 1.96 bits per heavy atom. The lowest BCUT2D eigenvalue weighted by molar-refractivity contribution is 0.177. The van der Waals surface area contributed by atoms with Gasteiger partial charge in [0, 0.05) is 39.8 Å². The summed E-state index contributed by atoms with van der Waals surface area (Å²) < 4.78 is 6.22. The second kappa shape index (κ2) is 7.36. The summed E-state index contributed by atoms with van der Waals surface area (Å²) in [4.78, 5) is 21.0. The number of rotatable bonds is 4. The number of hydrogen-bond donors (Lipinski definition) is 1. The van der Waals surface area contributed by atoms with E-state index in [2.05, 4.69) is 36.2 Å². The van der Waals surface area contributed by atoms with E-state index < -0.39 is 0 Å². The first-order valence-corrected chi connectivity index (χ1v) is 9.05. The summed E-state index contributed by atoms with van der Waals surface area (Å²) in [6, 6.07) is 4.27. The van der Waals surface area contributed by atoms with Crippen LogP contribution in [-0.2, 0) is 4.74 Å². The molecule has 1 aromatic carbocycles. The van der Waals surface area contributed by atoms with Crippen LogP contribution in [0.5, 0.6) is 0 Å². The highest BCUT2D eigenvalue weighted by Crippen LogP contribution is 2.33. The molecule has 2 aromatic rings. The number of urea groups is 1. The Hall–Kier alpha value is -1.86. The summed E-state index contributed by atoms with van der Waals surface area (Å²) >= 11 is 1.75. The molecule has 0 aliphatic carbocycles. The van der Waals surface area contributed by atoms with Gasteiger partial charge in [-0.2, -0.15) is 0 Å². The maximum Gasteiger partial charge on any atom is 0.317 e. The van der Waals surface area contributed by atoms with Gasteiger partial charge in [-0.1, -0.05) is 23.5 Å². The number of fused-ring (bicyclic) bond motifs is 1. The number of benzene rings is 1. The van der Waals surface area contributed by atoms with Gasteiger partial charge in [0.25, 0.3) is 0 Å². The maximum absolute atomic E-state index is 12.1. The van der Waals surface area contributed by atoms with Crippen LogP contribution >= 0.6 is 11.3 Å². The minimum absolute atomic E-state index is 0.0114. The minimum atomic E-state index is -0.0114. The van der Waals surface area contributed by atoms with Crippen LogP contribution in [-0.4, -0.2) is 62.4 Å². The molecule has 1 fully saturated rings. The van der Waals surface area contributed by atoms with Crippen LogP contribution in [0.15, 0.2) is 12.1 Å². The molecule has 130 valence electrons. The lowest BCUT2D eigenvalue weighted by Gasteiger charge is -2.34. The van der Waals surface area contributed by atoms with Crippen molar-refractivity contribution < 1.29 is 9.53 Å². The molecule has 0 saturated carbocycles. The Labute approximate surface area is 146 Å². The number of aromatic nitrogens is 1. The molecule has 0 radical (unpaired) electrons. The van der Waals surface area contributed by atoms with E-state index >= 15 is 0 Å². The Balaban J connectivity index is 1.64. The predicted octanol–water partition coefficient (Wildman–Crippen LogP) is 2.39. The van der Waals surface area contributed by atoms with E-state index in [1.165, 1.54) is 15.8 Å². The molecule has 2 amide bonds. The van der Waals surface area contributed by atoms with Gasteiger partial charge >= 0.3 is 6.03 Å². The fourth-order valence-electron chi connectivity index (χ4n) is 2.86. The quantitative estimate of drug-likeness (QED) is 0.862. The van der Waals surface area contributed by atoms with E-state index in [1.54, 1.807) is 18.4 Å². The Morgan fingerprint density at radius 1 is 1.25 bits per heavy atom. The number of nitrogens with one attached hydrogen (secondary N) is 1. The van der Waals surface area contributed by atoms with Gasteiger partial charge in [-0.15, -0.1) is 0 Å². The highest BCUT2D eigenvalue weighted by atomic mass is 32.1. The third kappa shape index (κ3) is 3.47. The number of amides is 2. The van der Waals surface area contributed by atoms with E-state index in [0.29, 0.717) is 26.2 Å². The fraction of sp³-hybridized carbons (Fsp3) is 0.529. The van der Waals surface area contributed by atoms with Crippen LogP contribution in [0, 0.1) is 13.8 Å². The molecule has 1 aliphatic rings. The number of carbonyl (C=O) groups excluding carboxylic acids is 1. The largest absolute Gasteiger partial charge is 0.383 e. The average Bonchev–Trinajstić information content (AvgIpc) is 3.05. The topological polar surface area (TPSA) is 57.7 Å². The average molecular weight is 348 g/mol. The number of methoxy groups -OCH3 is 1. The molecule has 0 spiro atoms. The molecular weight excluding hydrogens is 324 g/mol. The van der Waals surface area contributed by atoms with Gasteiger partial charge in [-0.25, -0.2) is 9.78 Å². The van der Waals surface area contributed by atoms with E-state index in [1.807, 2.05) is 4.90 Å². The third-order valence-corrected chi connectivity index (χ3v) is 5.60. The summed E-state index contributed by atoms with van der Waals surface area (Å²) in [7, 11) is 1.63. The van der Waals surface area contributed by atoms with Gasteiger partial charge in [-0.3, -0.25) is 0 Å². The summed E-state index contributed by atoms with van der Waals surface area (Å²) in [5.41, 5.74) is 3.60. The molecule has 1 aromatic heterocycles. The predicted molar refractivity (Wildman–Crippen MR) is 98.2 cm³/mol. The fourth-order valence-corrected chi connectivity index (χ4v) is 4.02. The highest BCUT2D eigenvalue weighted by Gasteiger charge is 2.23. The first kappa shape index (κ1) is 17.0. The van der Waals surface area contributed by atoms with Crippen molar-refractivity contribution in [2.75, 3.05) is 51.3 Å². The molecule has 1 saturated heterocycles. The van der Waals surface area contributed by atoms with Crippen LogP contribution in [0.25, 0.3) is 10.2 Å². The first-order chi connectivity index (χ1) is 11.6. The smallest absolute Gasteiger partial charge is 0.317 e. The van der Waals surface area contributed by atoms with Crippen molar-refractivity contribution in [3.63, 3.8) is 0 Å². The van der Waals surface area contributed by atoms with Crippen LogP contribution in [0.4, 0.5) is 9.93 Å². The van der Waals surface area contributed by atoms with Crippen molar-refractivity contribution >= 4 is 32.7 Å². The van der Waals surface area contributed by atoms with Crippen LogP contribution in [0.2, 0.25) is 0 Å². The van der Waals surface area contributed by atoms with Gasteiger partial charge < -0.3 is 19.9 Å². The van der Waals surface area contributed by atoms with E-state index in [4.69, 9.17) is 9.72 Å².